The van der Waals surface area contributed by atoms with Gasteiger partial charge in [-0.15, -0.1) is 11.8 Å². The predicted molar refractivity (Wildman–Crippen MR) is 284 cm³/mol. The largest absolute Gasteiger partial charge is 0.465 e. The first kappa shape index (κ1) is 63.6. The lowest BCUT2D eigenvalue weighted by Crippen LogP contribution is -2.45. The summed E-state index contributed by atoms with van der Waals surface area (Å²) in [6.07, 6.45) is 32.4. The number of esters is 3. The molecule has 5 unspecified atom stereocenters. The molecule has 0 bridgehead atoms. The maximum absolute atomic E-state index is 13.7. The highest BCUT2D eigenvalue weighted by Gasteiger charge is 2.36. The van der Waals surface area contributed by atoms with Gasteiger partial charge in [0.2, 0.25) is 6.10 Å². The number of unbranched alkanes of at least 4 members (excludes halogenated alkanes) is 19. The lowest BCUT2D eigenvalue weighted by Gasteiger charge is -2.33. The molecule has 396 valence electrons. The number of aliphatic hydroxyl groups is 1. The van der Waals surface area contributed by atoms with Gasteiger partial charge in [-0.05, 0) is 84.5 Å². The van der Waals surface area contributed by atoms with Crippen molar-refractivity contribution in [2.75, 3.05) is 72.6 Å². The molecule has 1 heterocycles. The van der Waals surface area contributed by atoms with Gasteiger partial charge in [0.1, 0.15) is 5.25 Å². The highest BCUT2D eigenvalue weighted by Crippen LogP contribution is 2.30. The second-order valence-electron chi connectivity index (χ2n) is 20.3. The quantitative estimate of drug-likeness (QED) is 0.0358. The molecule has 11 heteroatoms. The third-order valence-electron chi connectivity index (χ3n) is 13.7. The van der Waals surface area contributed by atoms with Crippen LogP contribution in [0.2, 0.25) is 0 Å². The number of ether oxygens (including phenoxy) is 3. The number of aliphatic hydroxyl groups excluding tert-OH is 1. The molecule has 0 aromatic rings. The Morgan fingerprint density at radius 2 is 1.07 bits per heavy atom. The molecule has 0 saturated carbocycles. The van der Waals surface area contributed by atoms with Crippen molar-refractivity contribution < 1.29 is 33.7 Å². The smallest absolute Gasteiger partial charge is 0.348 e. The number of likely N-dealkylation sites (N-methyl/N-ethyl adjacent to an activating group) is 1. The second-order valence-corrected chi connectivity index (χ2v) is 21.9. The van der Waals surface area contributed by atoms with Crippen molar-refractivity contribution in [2.45, 2.75) is 263 Å². The summed E-state index contributed by atoms with van der Waals surface area (Å²) < 4.78 is 17.9. The molecule has 1 aliphatic rings. The van der Waals surface area contributed by atoms with E-state index in [9.17, 15) is 19.5 Å². The van der Waals surface area contributed by atoms with Gasteiger partial charge in [-0.25, -0.2) is 4.79 Å². The van der Waals surface area contributed by atoms with Crippen LogP contribution < -0.4 is 0 Å². The number of rotatable bonds is 47. The lowest BCUT2D eigenvalue weighted by molar-refractivity contribution is -0.168. The number of thioether (sulfide) groups is 1. The lowest BCUT2D eigenvalue weighted by atomic mass is 9.94. The Hall–Kier alpha value is -1.40. The molecule has 0 aromatic carbocycles. The van der Waals surface area contributed by atoms with E-state index < -0.39 is 34.6 Å². The number of hydrogen-bond acceptors (Lipinski definition) is 11. The van der Waals surface area contributed by atoms with Crippen molar-refractivity contribution in [1.29, 1.82) is 0 Å². The van der Waals surface area contributed by atoms with Gasteiger partial charge in [-0.1, -0.05) is 182 Å². The summed E-state index contributed by atoms with van der Waals surface area (Å²) >= 11 is 1.40. The first-order valence-corrected chi connectivity index (χ1v) is 29.5. The van der Waals surface area contributed by atoms with E-state index in [1.165, 1.54) is 127 Å². The summed E-state index contributed by atoms with van der Waals surface area (Å²) in [4.78, 5) is 48.4. The minimum Gasteiger partial charge on any atom is -0.465 e. The first-order valence-electron chi connectivity index (χ1n) is 28.6. The van der Waals surface area contributed by atoms with Gasteiger partial charge in [0, 0.05) is 39.1 Å². The molecule has 0 radical (unpaired) electrons. The molecule has 1 saturated heterocycles. The van der Waals surface area contributed by atoms with Crippen LogP contribution in [0.4, 0.5) is 0 Å². The summed E-state index contributed by atoms with van der Waals surface area (Å²) in [5, 5.41) is 10.1. The molecule has 0 spiro atoms. The number of carbonyl (C=O) groups excluding carboxylic acids is 3. The van der Waals surface area contributed by atoms with Crippen LogP contribution in [-0.2, 0) is 28.6 Å². The minimum atomic E-state index is -1.10. The third-order valence-corrected chi connectivity index (χ3v) is 15.2. The maximum atomic E-state index is 13.7. The third kappa shape index (κ3) is 35.4. The van der Waals surface area contributed by atoms with Crippen LogP contribution in [0.1, 0.15) is 241 Å². The summed E-state index contributed by atoms with van der Waals surface area (Å²) in [6.45, 7) is 20.9. The van der Waals surface area contributed by atoms with Crippen molar-refractivity contribution in [1.82, 2.24) is 14.7 Å². The Balaban J connectivity index is 2.97. The normalized spacial score (nSPS) is 15.9. The number of carbonyl (C=O) groups is 3. The monoisotopic (exact) mass is 968 g/mol. The molecule has 0 amide bonds. The van der Waals surface area contributed by atoms with Gasteiger partial charge in [0.05, 0.1) is 24.6 Å². The standard InChI is InChI=1S/C56H109N3O7S/c1-8-13-17-20-23-24-26-30-35-50(34-29-25-21-18-14-9-2)48-65-55(62)49(6)67-52(37-28-16-11-4)54(56(63)64-46-12-5)66-53(61)38-32-39-59(41-33-40-58-44-42-57(7)43-45-58)47-51(60)36-31-27-22-19-15-10-3/h49-52,54,60H,8-48H2,1-7H3. The van der Waals surface area contributed by atoms with Crippen LogP contribution in [0.3, 0.4) is 0 Å². The van der Waals surface area contributed by atoms with E-state index in [0.717, 1.165) is 97.1 Å². The average molecular weight is 969 g/mol. The van der Waals surface area contributed by atoms with Gasteiger partial charge in [-0.2, -0.15) is 0 Å². The molecule has 1 fully saturated rings. The summed E-state index contributed by atoms with van der Waals surface area (Å²) in [6, 6.07) is 0. The van der Waals surface area contributed by atoms with Gasteiger partial charge in [-0.3, -0.25) is 9.59 Å². The van der Waals surface area contributed by atoms with E-state index >= 15 is 0 Å². The van der Waals surface area contributed by atoms with Crippen LogP contribution >= 0.6 is 11.8 Å². The van der Waals surface area contributed by atoms with Gasteiger partial charge in [0.15, 0.2) is 0 Å². The average Bonchev–Trinajstić information content (AvgIpc) is 3.32. The highest BCUT2D eigenvalue weighted by atomic mass is 32.2. The van der Waals surface area contributed by atoms with Gasteiger partial charge >= 0.3 is 17.9 Å². The molecule has 5 atom stereocenters. The van der Waals surface area contributed by atoms with E-state index in [4.69, 9.17) is 14.2 Å². The van der Waals surface area contributed by atoms with Crippen molar-refractivity contribution >= 4 is 29.7 Å². The predicted octanol–water partition coefficient (Wildman–Crippen LogP) is 13.2. The fourth-order valence-electron chi connectivity index (χ4n) is 9.25. The summed E-state index contributed by atoms with van der Waals surface area (Å²) in [5.41, 5.74) is 0. The summed E-state index contributed by atoms with van der Waals surface area (Å²) in [5.74, 6) is -0.842. The molecule has 0 aromatic heterocycles. The SMILES string of the molecule is CCCCCCCCCCC(CCCCCCCC)COC(=O)C(C)SC(CCCCC)C(OC(=O)CCCN(CCCN1CCN(C)CC1)CC(O)CCCCCCCC)C(=O)OCCC. The van der Waals surface area contributed by atoms with Crippen molar-refractivity contribution in [3.63, 3.8) is 0 Å². The molecule has 1 N–H and O–H groups in total. The molecular formula is C56H109N3O7S. The van der Waals surface area contributed by atoms with E-state index in [0.29, 0.717) is 44.9 Å². The van der Waals surface area contributed by atoms with E-state index in [1.54, 1.807) is 0 Å². The highest BCUT2D eigenvalue weighted by molar-refractivity contribution is 8.01. The molecule has 67 heavy (non-hydrogen) atoms. The van der Waals surface area contributed by atoms with Crippen molar-refractivity contribution in [2.24, 2.45) is 5.92 Å². The number of nitrogens with zero attached hydrogens (tertiary/aromatic N) is 3. The Morgan fingerprint density at radius 3 is 1.63 bits per heavy atom. The van der Waals surface area contributed by atoms with E-state index in [2.05, 4.69) is 49.4 Å². The Morgan fingerprint density at radius 1 is 0.582 bits per heavy atom. The Kier molecular flexibility index (Phi) is 42.3. The van der Waals surface area contributed by atoms with Crippen LogP contribution in [0.25, 0.3) is 0 Å². The van der Waals surface area contributed by atoms with Crippen LogP contribution in [0, 0.1) is 5.92 Å². The van der Waals surface area contributed by atoms with Gasteiger partial charge in [0.25, 0.3) is 0 Å². The number of hydrogen-bond donors (Lipinski definition) is 1. The van der Waals surface area contributed by atoms with Gasteiger partial charge < -0.3 is 34.0 Å². The van der Waals surface area contributed by atoms with Crippen LogP contribution in [0.5, 0.6) is 0 Å². The topological polar surface area (TPSA) is 109 Å². The van der Waals surface area contributed by atoms with E-state index in [-0.39, 0.29) is 19.0 Å². The molecule has 1 aliphatic heterocycles. The zero-order valence-corrected chi connectivity index (χ0v) is 45.8. The fraction of sp³-hybridized carbons (Fsp3) is 0.946. The number of piperazine rings is 1. The first-order chi connectivity index (χ1) is 32.6. The maximum Gasteiger partial charge on any atom is 0.348 e. The Bertz CT molecular complexity index is 1160. The second kappa shape index (κ2) is 44.5. The van der Waals surface area contributed by atoms with Crippen molar-refractivity contribution in [3.05, 3.63) is 0 Å². The molecule has 10 nitrogen and oxygen atoms in total. The molecule has 0 aliphatic carbocycles. The fourth-order valence-corrected chi connectivity index (χ4v) is 10.6. The Labute approximate surface area is 418 Å². The molecule has 1 rings (SSSR count). The van der Waals surface area contributed by atoms with E-state index in [1.807, 2.05) is 13.8 Å². The van der Waals surface area contributed by atoms with Crippen LogP contribution in [-0.4, -0.2) is 133 Å². The zero-order valence-electron chi connectivity index (χ0n) is 45.0. The zero-order chi connectivity index (χ0) is 49.2. The minimum absolute atomic E-state index is 0.169. The molecular weight excluding hydrogens is 859 g/mol. The van der Waals surface area contributed by atoms with Crippen LogP contribution in [0.15, 0.2) is 0 Å². The van der Waals surface area contributed by atoms with Crippen molar-refractivity contribution in [3.8, 4) is 0 Å². The summed E-state index contributed by atoms with van der Waals surface area (Å²) in [7, 11) is 2.18.